The van der Waals surface area contributed by atoms with E-state index in [0.717, 1.165) is 17.6 Å². The van der Waals surface area contributed by atoms with Crippen LogP contribution >= 0.6 is 0 Å². The number of allylic oxidation sites excluding steroid dienone is 2. The van der Waals surface area contributed by atoms with Gasteiger partial charge in [-0.2, -0.15) is 0 Å². The Morgan fingerprint density at radius 2 is 1.36 bits per heavy atom. The highest BCUT2D eigenvalue weighted by Crippen LogP contribution is 2.13. The fourth-order valence-electron chi connectivity index (χ4n) is 1.77. The van der Waals surface area contributed by atoms with E-state index in [4.69, 9.17) is 0 Å². The van der Waals surface area contributed by atoms with Crippen LogP contribution in [-0.2, 0) is 6.42 Å². The lowest BCUT2D eigenvalue weighted by molar-refractivity contribution is 0.542. The van der Waals surface area contributed by atoms with Gasteiger partial charge in [0.1, 0.15) is 0 Å². The van der Waals surface area contributed by atoms with Gasteiger partial charge in [-0.25, -0.2) is 0 Å². The van der Waals surface area contributed by atoms with Crippen LogP contribution in [0.5, 0.6) is 0 Å². The van der Waals surface area contributed by atoms with Crippen LogP contribution in [0.4, 0.5) is 4.48 Å². The minimum Gasteiger partial charge on any atom is -0.0950 e. The average molecular weight is 299 g/mol. The Labute approximate surface area is 134 Å². The smallest absolute Gasteiger partial charge is 0.0674 e. The van der Waals surface area contributed by atoms with Gasteiger partial charge in [0.15, 0.2) is 0 Å². The fraction of sp³-hybridized carbons (Fsp3) is 0.250. The zero-order chi connectivity index (χ0) is 16.6. The van der Waals surface area contributed by atoms with Crippen LogP contribution in [0.25, 0.3) is 5.57 Å². The molecule has 118 valence electrons. The van der Waals surface area contributed by atoms with E-state index in [9.17, 15) is 4.48 Å². The lowest BCUT2D eigenvalue weighted by atomic mass is 10.0. The Kier molecular flexibility index (Phi) is 12.4. The van der Waals surface area contributed by atoms with Crippen molar-refractivity contribution in [2.45, 2.75) is 34.1 Å². The van der Waals surface area contributed by atoms with Crippen LogP contribution in [-0.4, -0.2) is 6.21 Å². The van der Waals surface area contributed by atoms with Crippen molar-refractivity contribution in [1.29, 1.82) is 0 Å². The lowest BCUT2D eigenvalue weighted by Crippen LogP contribution is -1.88. The molecule has 0 atom stereocenters. The molecule has 22 heavy (non-hydrogen) atoms. The van der Waals surface area contributed by atoms with E-state index in [1.807, 2.05) is 94.4 Å². The SMILES string of the molecule is CC.CC.F/N=C/C(=C\Cc1ccccc1)c1ccccc1. The second-order valence-electron chi connectivity index (χ2n) is 3.94. The number of halogens is 1. The molecule has 0 bridgehead atoms. The maximum Gasteiger partial charge on any atom is 0.0674 e. The van der Waals surface area contributed by atoms with E-state index in [0.29, 0.717) is 0 Å². The van der Waals surface area contributed by atoms with E-state index in [1.165, 1.54) is 11.8 Å². The monoisotopic (exact) mass is 299 g/mol. The maximum absolute atomic E-state index is 12.2. The van der Waals surface area contributed by atoms with Crippen LogP contribution in [0.1, 0.15) is 38.8 Å². The van der Waals surface area contributed by atoms with Gasteiger partial charge in [0.25, 0.3) is 0 Å². The van der Waals surface area contributed by atoms with E-state index >= 15 is 0 Å². The first-order chi connectivity index (χ1) is 10.9. The Hall–Kier alpha value is -2.22. The Morgan fingerprint density at radius 1 is 0.864 bits per heavy atom. The summed E-state index contributed by atoms with van der Waals surface area (Å²) in [5, 5.41) is 2.63. The van der Waals surface area contributed by atoms with E-state index in [-0.39, 0.29) is 0 Å². The molecule has 0 fully saturated rings. The van der Waals surface area contributed by atoms with Crippen molar-refractivity contribution >= 4 is 11.8 Å². The molecule has 0 aliphatic rings. The Bertz CT molecular complexity index is 530. The molecule has 0 unspecified atom stereocenters. The van der Waals surface area contributed by atoms with Gasteiger partial charge in [-0.3, -0.25) is 0 Å². The normalized spacial score (nSPS) is 10.3. The topological polar surface area (TPSA) is 12.4 Å². The molecule has 0 N–H and O–H groups in total. The van der Waals surface area contributed by atoms with E-state index in [2.05, 4.69) is 5.21 Å². The summed E-state index contributed by atoms with van der Waals surface area (Å²) < 4.78 is 12.2. The number of hydrogen-bond donors (Lipinski definition) is 0. The van der Waals surface area contributed by atoms with Crippen molar-refractivity contribution in [2.24, 2.45) is 5.21 Å². The molecule has 1 nitrogen and oxygen atoms in total. The van der Waals surface area contributed by atoms with Gasteiger partial charge in [0, 0.05) is 0 Å². The van der Waals surface area contributed by atoms with Gasteiger partial charge in [0.05, 0.1) is 6.21 Å². The Balaban J connectivity index is 0.00000102. The third-order valence-corrected chi connectivity index (χ3v) is 2.70. The van der Waals surface area contributed by atoms with Crippen molar-refractivity contribution in [1.82, 2.24) is 0 Å². The molecule has 2 rings (SSSR count). The molecule has 0 aliphatic heterocycles. The van der Waals surface area contributed by atoms with Crippen LogP contribution in [0.15, 0.2) is 72.0 Å². The van der Waals surface area contributed by atoms with Crippen molar-refractivity contribution in [3.8, 4) is 0 Å². The van der Waals surface area contributed by atoms with Gasteiger partial charge in [-0.05, 0) is 23.1 Å². The molecule has 0 saturated carbocycles. The molecule has 0 spiro atoms. The quantitative estimate of drug-likeness (QED) is 0.586. The first-order valence-electron chi connectivity index (χ1n) is 7.84. The molecular weight excluding hydrogens is 273 g/mol. The molecule has 0 radical (unpaired) electrons. The van der Waals surface area contributed by atoms with Crippen LogP contribution < -0.4 is 0 Å². The molecule has 2 aromatic rings. The summed E-state index contributed by atoms with van der Waals surface area (Å²) in [7, 11) is 0. The highest BCUT2D eigenvalue weighted by Gasteiger charge is 1.98. The standard InChI is InChI=1S/C16H14FN.2C2H6/c17-18-13-16(15-9-5-2-6-10-15)12-11-14-7-3-1-4-8-14;2*1-2/h1-10,12-13H,11H2;2*1-2H3/b16-12+,18-13+;;. The van der Waals surface area contributed by atoms with E-state index < -0.39 is 0 Å². The third-order valence-electron chi connectivity index (χ3n) is 2.70. The number of rotatable bonds is 4. The van der Waals surface area contributed by atoms with Crippen molar-refractivity contribution in [3.63, 3.8) is 0 Å². The van der Waals surface area contributed by atoms with Crippen LogP contribution in [0, 0.1) is 0 Å². The molecule has 0 amide bonds. The summed E-state index contributed by atoms with van der Waals surface area (Å²) in [6.07, 6.45) is 3.99. The largest absolute Gasteiger partial charge is 0.0950 e. The van der Waals surface area contributed by atoms with Crippen molar-refractivity contribution in [3.05, 3.63) is 77.9 Å². The molecule has 0 aliphatic carbocycles. The van der Waals surface area contributed by atoms with Crippen LogP contribution in [0.2, 0.25) is 0 Å². The predicted octanol–water partition coefficient (Wildman–Crippen LogP) is 6.32. The maximum atomic E-state index is 12.2. The van der Waals surface area contributed by atoms with Crippen LogP contribution in [0.3, 0.4) is 0 Å². The second kappa shape index (κ2) is 13.7. The molecule has 2 heteroatoms. The number of benzene rings is 2. The van der Waals surface area contributed by atoms with Gasteiger partial charge >= 0.3 is 0 Å². The zero-order valence-corrected chi connectivity index (χ0v) is 14.0. The molecule has 0 aromatic heterocycles. The number of nitrogens with zero attached hydrogens (tertiary/aromatic N) is 1. The summed E-state index contributed by atoms with van der Waals surface area (Å²) in [5.74, 6) is 0. The summed E-state index contributed by atoms with van der Waals surface area (Å²) in [5.41, 5.74) is 2.95. The Morgan fingerprint density at radius 3 is 1.86 bits per heavy atom. The van der Waals surface area contributed by atoms with Gasteiger partial charge < -0.3 is 0 Å². The van der Waals surface area contributed by atoms with Gasteiger partial charge in [-0.1, -0.05) is 104 Å². The average Bonchev–Trinajstić information content (AvgIpc) is 2.63. The minimum atomic E-state index is 0.761. The molecule has 0 saturated heterocycles. The highest BCUT2D eigenvalue weighted by atomic mass is 19.2. The minimum absolute atomic E-state index is 0.761. The fourth-order valence-corrected chi connectivity index (χ4v) is 1.77. The highest BCUT2D eigenvalue weighted by molar-refractivity contribution is 6.09. The second-order valence-corrected chi connectivity index (χ2v) is 3.94. The van der Waals surface area contributed by atoms with Crippen molar-refractivity contribution < 1.29 is 4.48 Å². The first-order valence-corrected chi connectivity index (χ1v) is 7.84. The van der Waals surface area contributed by atoms with Crippen molar-refractivity contribution in [2.75, 3.05) is 0 Å². The number of hydrogen-bond acceptors (Lipinski definition) is 1. The third kappa shape index (κ3) is 7.53. The molecule has 0 heterocycles. The predicted molar refractivity (Wildman–Crippen MR) is 96.9 cm³/mol. The zero-order valence-electron chi connectivity index (χ0n) is 14.0. The lowest BCUT2D eigenvalue weighted by Gasteiger charge is -2.02. The molecule has 2 aromatic carbocycles. The van der Waals surface area contributed by atoms with E-state index in [1.54, 1.807) is 0 Å². The van der Waals surface area contributed by atoms with Gasteiger partial charge in [0.2, 0.25) is 0 Å². The van der Waals surface area contributed by atoms with Gasteiger partial charge in [-0.15, -0.1) is 0 Å². The first kappa shape index (κ1) is 19.8. The molecular formula is C20H26FN. The summed E-state index contributed by atoms with van der Waals surface area (Å²) in [6.45, 7) is 8.00. The summed E-state index contributed by atoms with van der Waals surface area (Å²) in [4.78, 5) is 0. The summed E-state index contributed by atoms with van der Waals surface area (Å²) >= 11 is 0. The summed E-state index contributed by atoms with van der Waals surface area (Å²) in [6, 6.07) is 19.7.